The van der Waals surface area contributed by atoms with Crippen LogP contribution in [0, 0.1) is 24.7 Å². The number of benzene rings is 1. The second-order valence-electron chi connectivity index (χ2n) is 16.1. The maximum atomic E-state index is 14.5. The van der Waals surface area contributed by atoms with Gasteiger partial charge in [0.15, 0.2) is 11.6 Å². The molecule has 0 unspecified atom stereocenters. The van der Waals surface area contributed by atoms with Gasteiger partial charge < -0.3 is 4.90 Å². The summed E-state index contributed by atoms with van der Waals surface area (Å²) in [6.07, 6.45) is 5.68. The van der Waals surface area contributed by atoms with Gasteiger partial charge in [0.25, 0.3) is 0 Å². The number of nitrogens with zero attached hydrogens (tertiary/aromatic N) is 6. The predicted octanol–water partition coefficient (Wildman–Crippen LogP) is 7.17. The highest BCUT2D eigenvalue weighted by Crippen LogP contribution is 2.62. The molecule has 2 aliphatic heterocycles. The molecule has 3 atom stereocenters. The fourth-order valence-corrected chi connectivity index (χ4v) is 8.37. The van der Waals surface area contributed by atoms with Gasteiger partial charge in [-0.2, -0.15) is 18.3 Å². The molecule has 54 heavy (non-hydrogen) atoms. The first-order valence-corrected chi connectivity index (χ1v) is 18.3. The van der Waals surface area contributed by atoms with E-state index in [9.17, 15) is 32.3 Å². The Kier molecular flexibility index (Phi) is 9.42. The predicted molar refractivity (Wildman–Crippen MR) is 194 cm³/mol. The maximum absolute atomic E-state index is 14.5. The van der Waals surface area contributed by atoms with Gasteiger partial charge in [-0.25, -0.2) is 15.0 Å². The van der Waals surface area contributed by atoms with Crippen molar-refractivity contribution in [2.45, 2.75) is 111 Å². The Morgan fingerprint density at radius 1 is 1.00 bits per heavy atom. The quantitative estimate of drug-likeness (QED) is 0.156. The zero-order valence-electron chi connectivity index (χ0n) is 31.1. The van der Waals surface area contributed by atoms with E-state index in [0.717, 1.165) is 22.8 Å². The van der Waals surface area contributed by atoms with Crippen LogP contribution in [0.1, 0.15) is 98.1 Å². The molecule has 10 nitrogen and oxygen atoms in total. The summed E-state index contributed by atoms with van der Waals surface area (Å²) in [6, 6.07) is 4.81. The lowest BCUT2D eigenvalue weighted by atomic mass is 9.81. The van der Waals surface area contributed by atoms with Crippen molar-refractivity contribution in [2.75, 3.05) is 0 Å². The molecule has 2 fully saturated rings. The van der Waals surface area contributed by atoms with Crippen LogP contribution < -0.4 is 0 Å². The molecule has 1 amide bonds. The van der Waals surface area contributed by atoms with E-state index in [-0.39, 0.29) is 53.3 Å². The molecule has 5 heterocycles. The van der Waals surface area contributed by atoms with E-state index in [2.05, 4.69) is 40.0 Å². The normalized spacial score (nSPS) is 23.6. The van der Waals surface area contributed by atoms with Crippen molar-refractivity contribution in [3.05, 3.63) is 82.8 Å². The topological polar surface area (TPSA) is 128 Å². The maximum Gasteiger partial charge on any atom is 0.433 e. The SMILES string of the molecule is CC(=O)c1nn2c3c(cc(-c4cnc(C)nc4)cc13)C/C=C/CC(C)(C)CC(=O)CC[C@@]13C[C@@H](C(=O)Cc4nc(C(F)(F)F)ccc4C)N(C(=O)C2)[C@@H]1C3. The van der Waals surface area contributed by atoms with E-state index in [4.69, 9.17) is 0 Å². The Hall–Kier alpha value is -5.07. The molecule has 0 spiro atoms. The molecular weight excluding hydrogens is 697 g/mol. The van der Waals surface area contributed by atoms with Crippen LogP contribution in [0.3, 0.4) is 0 Å². The second kappa shape index (κ2) is 13.7. The molecule has 1 saturated carbocycles. The number of aryl methyl sites for hydroxylation is 2. The molecule has 3 aliphatic rings. The number of hydrogen-bond acceptors (Lipinski definition) is 8. The van der Waals surface area contributed by atoms with Crippen molar-refractivity contribution < 1.29 is 32.3 Å². The summed E-state index contributed by atoms with van der Waals surface area (Å²) in [6.45, 7) is 8.67. The summed E-state index contributed by atoms with van der Waals surface area (Å²) < 4.78 is 42.3. The number of ketones is 3. The molecule has 2 bridgehead atoms. The lowest BCUT2D eigenvalue weighted by molar-refractivity contribution is -0.141. The van der Waals surface area contributed by atoms with Crippen LogP contribution in [-0.4, -0.2) is 65.0 Å². The van der Waals surface area contributed by atoms with Crippen molar-refractivity contribution in [1.82, 2.24) is 29.6 Å². The number of piperidine rings is 1. The van der Waals surface area contributed by atoms with Crippen molar-refractivity contribution in [3.63, 3.8) is 0 Å². The van der Waals surface area contributed by atoms with Crippen molar-refractivity contribution in [3.8, 4) is 11.1 Å². The zero-order chi connectivity index (χ0) is 38.7. The minimum absolute atomic E-state index is 0.0142. The third-order valence-corrected chi connectivity index (χ3v) is 11.3. The lowest BCUT2D eigenvalue weighted by Crippen LogP contribution is -2.45. The van der Waals surface area contributed by atoms with Crippen LogP contribution in [0.15, 0.2) is 48.8 Å². The fourth-order valence-electron chi connectivity index (χ4n) is 8.37. The van der Waals surface area contributed by atoms with Crippen molar-refractivity contribution >= 4 is 34.2 Å². The number of hydrogen-bond donors (Lipinski definition) is 0. The molecule has 1 aromatic carbocycles. The monoisotopic (exact) mass is 740 g/mol. The van der Waals surface area contributed by atoms with Gasteiger partial charge in [0.2, 0.25) is 5.91 Å². The van der Waals surface area contributed by atoms with E-state index < -0.39 is 29.1 Å². The zero-order valence-corrected chi connectivity index (χ0v) is 31.1. The molecule has 1 aliphatic carbocycles. The highest BCUT2D eigenvalue weighted by Gasteiger charge is 2.66. The third kappa shape index (κ3) is 7.24. The Morgan fingerprint density at radius 2 is 1.74 bits per heavy atom. The van der Waals surface area contributed by atoms with Crippen LogP contribution in [0.2, 0.25) is 0 Å². The van der Waals surface area contributed by atoms with Gasteiger partial charge in [-0.15, -0.1) is 0 Å². The average Bonchev–Trinajstić information content (AvgIpc) is 3.51. The summed E-state index contributed by atoms with van der Waals surface area (Å²) >= 11 is 0. The minimum atomic E-state index is -4.68. The van der Waals surface area contributed by atoms with E-state index >= 15 is 0 Å². The Balaban J connectivity index is 1.31. The van der Waals surface area contributed by atoms with Crippen LogP contribution >= 0.6 is 0 Å². The van der Waals surface area contributed by atoms with Crippen molar-refractivity contribution in [2.24, 2.45) is 10.8 Å². The van der Waals surface area contributed by atoms with Crippen LogP contribution in [0.5, 0.6) is 0 Å². The number of alkyl halides is 3. The van der Waals surface area contributed by atoms with E-state index in [1.807, 2.05) is 18.2 Å². The molecule has 282 valence electrons. The highest BCUT2D eigenvalue weighted by molar-refractivity contribution is 6.07. The van der Waals surface area contributed by atoms with Crippen LogP contribution in [0.25, 0.3) is 22.0 Å². The number of carbonyl (C=O) groups excluding carboxylic acids is 4. The number of aromatic nitrogens is 5. The average molecular weight is 741 g/mol. The molecule has 4 aromatic rings. The number of rotatable bonds is 5. The van der Waals surface area contributed by atoms with Crippen LogP contribution in [-0.2, 0) is 39.9 Å². The molecule has 1 saturated heterocycles. The van der Waals surface area contributed by atoms with Gasteiger partial charge >= 0.3 is 6.18 Å². The molecule has 0 radical (unpaired) electrons. The Labute approximate surface area is 311 Å². The van der Waals surface area contributed by atoms with Gasteiger partial charge in [-0.3, -0.25) is 23.9 Å². The number of amides is 1. The Morgan fingerprint density at radius 3 is 2.44 bits per heavy atom. The summed E-state index contributed by atoms with van der Waals surface area (Å²) in [4.78, 5) is 69.2. The summed E-state index contributed by atoms with van der Waals surface area (Å²) in [7, 11) is 0. The van der Waals surface area contributed by atoms with E-state index in [1.54, 1.807) is 35.8 Å². The van der Waals surface area contributed by atoms with Crippen molar-refractivity contribution in [1.29, 1.82) is 0 Å². The first kappa shape index (κ1) is 37.3. The first-order valence-electron chi connectivity index (χ1n) is 18.3. The highest BCUT2D eigenvalue weighted by atomic mass is 19.4. The number of allylic oxidation sites excluding steroid dienone is 2. The largest absolute Gasteiger partial charge is 0.433 e. The summed E-state index contributed by atoms with van der Waals surface area (Å²) in [5.74, 6) is -0.348. The second-order valence-corrected chi connectivity index (χ2v) is 16.1. The smallest absolute Gasteiger partial charge is 0.327 e. The number of halogens is 3. The Bertz CT molecular complexity index is 2220. The van der Waals surface area contributed by atoms with Gasteiger partial charge in [-0.05, 0) is 91.7 Å². The van der Waals surface area contributed by atoms with Crippen LogP contribution in [0.4, 0.5) is 13.2 Å². The minimum Gasteiger partial charge on any atom is -0.327 e. The van der Waals surface area contributed by atoms with Gasteiger partial charge in [0, 0.05) is 49.2 Å². The molecule has 3 aromatic heterocycles. The summed E-state index contributed by atoms with van der Waals surface area (Å²) in [5.41, 5.74) is 1.77. The van der Waals surface area contributed by atoms with Gasteiger partial charge in [0.05, 0.1) is 23.7 Å². The number of Topliss-reactive ketones (excluding diaryl/α,β-unsaturated/α-hetero) is 3. The van der Waals surface area contributed by atoms with E-state index in [1.165, 1.54) is 13.0 Å². The lowest BCUT2D eigenvalue weighted by Gasteiger charge is -2.27. The third-order valence-electron chi connectivity index (χ3n) is 11.3. The molecule has 7 rings (SSSR count). The molecule has 13 heteroatoms. The van der Waals surface area contributed by atoms with Gasteiger partial charge in [0.1, 0.15) is 29.5 Å². The molecule has 0 N–H and O–H groups in total. The number of pyridine rings is 1. The first-order chi connectivity index (χ1) is 25.4. The number of carbonyl (C=O) groups is 4. The standard InChI is InChI=1S/C41H43F3N6O4/c1-23-9-10-34(41(42,43)44)47-31(23)16-33(53)32-18-40-13-11-29(52)17-39(4,5)12-7-6-8-26-14-27(28-20-45-25(3)46-21-28)15-30-37(24(2)51)48-49(38(26)30)22-36(54)50(32)35(40)19-40/h6-7,9-10,14-15,20-21,32,35H,8,11-13,16-19,22H2,1-5H3/b7-6+/t32-,35+,40-/m0/s1. The molecular formula is C41H43F3N6O4. The van der Waals surface area contributed by atoms with E-state index in [0.29, 0.717) is 67.2 Å². The summed E-state index contributed by atoms with van der Waals surface area (Å²) in [5, 5.41) is 5.26. The fraction of sp³-hybridized carbons (Fsp3) is 0.463. The van der Waals surface area contributed by atoms with Gasteiger partial charge in [-0.1, -0.05) is 32.1 Å².